The number of aliphatic hydroxyl groups excluding tert-OH is 1. The van der Waals surface area contributed by atoms with Crippen molar-refractivity contribution >= 4 is 11.7 Å². The standard InChI is InChI=1S/C5H6F3NO4/c1-13-9-2(4(11)12)3(10)5(6,7)8/h3,10H,1H3,(H,11,12). The number of carbonyl (C=O) groups is 1. The van der Waals surface area contributed by atoms with E-state index in [1.54, 1.807) is 0 Å². The second kappa shape index (κ2) is 4.08. The first-order valence-electron chi connectivity index (χ1n) is 2.89. The quantitative estimate of drug-likeness (QED) is 0.497. The molecule has 0 spiro atoms. The van der Waals surface area contributed by atoms with E-state index in [1.807, 2.05) is 0 Å². The molecule has 13 heavy (non-hydrogen) atoms. The molecule has 0 radical (unpaired) electrons. The maximum absolute atomic E-state index is 11.7. The van der Waals surface area contributed by atoms with Crippen LogP contribution in [0.15, 0.2) is 5.16 Å². The van der Waals surface area contributed by atoms with Crippen LogP contribution >= 0.6 is 0 Å². The average molecular weight is 201 g/mol. The minimum atomic E-state index is -5.07. The minimum absolute atomic E-state index is 0.867. The van der Waals surface area contributed by atoms with E-state index in [1.165, 1.54) is 0 Å². The maximum atomic E-state index is 11.7. The molecule has 1 atom stereocenters. The fraction of sp³-hybridized carbons (Fsp3) is 0.600. The number of rotatable bonds is 3. The van der Waals surface area contributed by atoms with Crippen molar-refractivity contribution in [3.8, 4) is 0 Å². The summed E-state index contributed by atoms with van der Waals surface area (Å²) >= 11 is 0. The van der Waals surface area contributed by atoms with E-state index >= 15 is 0 Å². The highest BCUT2D eigenvalue weighted by Gasteiger charge is 2.45. The number of carboxylic acid groups (broad SMARTS) is 1. The van der Waals surface area contributed by atoms with Gasteiger partial charge in [0, 0.05) is 0 Å². The van der Waals surface area contributed by atoms with Crippen molar-refractivity contribution in [2.24, 2.45) is 5.16 Å². The molecule has 8 heteroatoms. The number of nitrogens with zero attached hydrogens (tertiary/aromatic N) is 1. The smallest absolute Gasteiger partial charge is 0.420 e. The Bertz CT molecular complexity index is 224. The van der Waals surface area contributed by atoms with Crippen molar-refractivity contribution in [2.45, 2.75) is 12.3 Å². The average Bonchev–Trinajstić information content (AvgIpc) is 1.96. The summed E-state index contributed by atoms with van der Waals surface area (Å²) in [5.74, 6) is -1.99. The van der Waals surface area contributed by atoms with Crippen LogP contribution in [0.4, 0.5) is 13.2 Å². The van der Waals surface area contributed by atoms with Crippen LogP contribution < -0.4 is 0 Å². The van der Waals surface area contributed by atoms with Gasteiger partial charge < -0.3 is 15.1 Å². The predicted molar refractivity (Wildman–Crippen MR) is 34.1 cm³/mol. The lowest BCUT2D eigenvalue weighted by Crippen LogP contribution is -2.40. The van der Waals surface area contributed by atoms with Crippen LogP contribution in [0.2, 0.25) is 0 Å². The lowest BCUT2D eigenvalue weighted by atomic mass is 10.2. The fourth-order valence-corrected chi connectivity index (χ4v) is 0.459. The molecule has 76 valence electrons. The zero-order valence-electron chi connectivity index (χ0n) is 6.37. The molecule has 0 aromatic carbocycles. The number of carboxylic acids is 1. The highest BCUT2D eigenvalue weighted by molar-refractivity contribution is 6.37. The van der Waals surface area contributed by atoms with E-state index in [-0.39, 0.29) is 0 Å². The summed E-state index contributed by atoms with van der Waals surface area (Å²) < 4.78 is 35.2. The van der Waals surface area contributed by atoms with Crippen LogP contribution in [-0.2, 0) is 9.63 Å². The van der Waals surface area contributed by atoms with Gasteiger partial charge in [-0.3, -0.25) is 0 Å². The lowest BCUT2D eigenvalue weighted by Gasteiger charge is -2.12. The number of oxime groups is 1. The molecule has 0 aliphatic rings. The molecular formula is C5H6F3NO4. The third kappa shape index (κ3) is 3.28. The van der Waals surface area contributed by atoms with E-state index < -0.39 is 24.0 Å². The predicted octanol–water partition coefficient (Wildman–Crippen LogP) is -0.00340. The van der Waals surface area contributed by atoms with Crippen molar-refractivity contribution in [1.29, 1.82) is 0 Å². The van der Waals surface area contributed by atoms with Gasteiger partial charge in [0.05, 0.1) is 0 Å². The van der Waals surface area contributed by atoms with Crippen LogP contribution in [0.1, 0.15) is 0 Å². The summed E-state index contributed by atoms with van der Waals surface area (Å²) in [4.78, 5) is 13.9. The second-order valence-corrected chi connectivity index (χ2v) is 1.91. The Hall–Kier alpha value is -1.31. The number of alkyl halides is 3. The number of hydrogen-bond donors (Lipinski definition) is 2. The third-order valence-electron chi connectivity index (χ3n) is 0.978. The van der Waals surface area contributed by atoms with Crippen LogP contribution in [0.25, 0.3) is 0 Å². The molecule has 0 bridgehead atoms. The highest BCUT2D eigenvalue weighted by atomic mass is 19.4. The molecule has 0 saturated heterocycles. The highest BCUT2D eigenvalue weighted by Crippen LogP contribution is 2.21. The van der Waals surface area contributed by atoms with Crippen molar-refractivity contribution in [3.63, 3.8) is 0 Å². The molecule has 0 aliphatic heterocycles. The summed E-state index contributed by atoms with van der Waals surface area (Å²) in [7, 11) is 0.867. The molecular weight excluding hydrogens is 195 g/mol. The zero-order chi connectivity index (χ0) is 10.6. The number of halogens is 3. The lowest BCUT2D eigenvalue weighted by molar-refractivity contribution is -0.183. The van der Waals surface area contributed by atoms with Gasteiger partial charge in [-0.2, -0.15) is 13.2 Å². The Kier molecular flexibility index (Phi) is 3.67. The Labute approximate surface area is 70.4 Å². The van der Waals surface area contributed by atoms with E-state index in [4.69, 9.17) is 10.2 Å². The van der Waals surface area contributed by atoms with E-state index in [9.17, 15) is 18.0 Å². The summed E-state index contributed by atoms with van der Waals surface area (Å²) in [5.41, 5.74) is -1.50. The molecule has 2 N–H and O–H groups in total. The molecule has 1 unspecified atom stereocenters. The van der Waals surface area contributed by atoms with Crippen LogP contribution in [-0.4, -0.2) is 41.3 Å². The van der Waals surface area contributed by atoms with Gasteiger partial charge in [-0.15, -0.1) is 0 Å². The Morgan fingerprint density at radius 3 is 2.23 bits per heavy atom. The van der Waals surface area contributed by atoms with Crippen molar-refractivity contribution in [2.75, 3.05) is 7.11 Å². The van der Waals surface area contributed by atoms with E-state index in [2.05, 4.69) is 9.99 Å². The number of aliphatic hydroxyl groups is 1. The molecule has 0 aromatic heterocycles. The monoisotopic (exact) mass is 201 g/mol. The zero-order valence-corrected chi connectivity index (χ0v) is 6.37. The van der Waals surface area contributed by atoms with Crippen LogP contribution in [0, 0.1) is 0 Å². The molecule has 0 aliphatic carbocycles. The maximum Gasteiger partial charge on any atom is 0.420 e. The SMILES string of the molecule is CON=C(C(=O)O)C(O)C(F)(F)F. The molecule has 5 nitrogen and oxygen atoms in total. The number of hydrogen-bond acceptors (Lipinski definition) is 4. The summed E-state index contributed by atoms with van der Waals surface area (Å²) in [6, 6.07) is 0. The topological polar surface area (TPSA) is 79.1 Å². The van der Waals surface area contributed by atoms with Gasteiger partial charge in [0.15, 0.2) is 0 Å². The van der Waals surface area contributed by atoms with Crippen molar-refractivity contribution in [3.05, 3.63) is 0 Å². The van der Waals surface area contributed by atoms with E-state index in [0.29, 0.717) is 0 Å². The van der Waals surface area contributed by atoms with Gasteiger partial charge in [0.2, 0.25) is 11.8 Å². The Balaban J connectivity index is 4.78. The van der Waals surface area contributed by atoms with Crippen molar-refractivity contribution in [1.82, 2.24) is 0 Å². The summed E-state index contributed by atoms with van der Waals surface area (Å²) in [5, 5.41) is 19.1. The van der Waals surface area contributed by atoms with Crippen LogP contribution in [0.3, 0.4) is 0 Å². The molecule has 0 rings (SSSR count). The third-order valence-corrected chi connectivity index (χ3v) is 0.978. The normalized spacial score (nSPS) is 15.3. The van der Waals surface area contributed by atoms with Gasteiger partial charge in [0.1, 0.15) is 7.11 Å². The molecule has 0 aromatic rings. The van der Waals surface area contributed by atoms with Gasteiger partial charge >= 0.3 is 12.1 Å². The Morgan fingerprint density at radius 1 is 1.54 bits per heavy atom. The second-order valence-electron chi connectivity index (χ2n) is 1.91. The largest absolute Gasteiger partial charge is 0.477 e. The van der Waals surface area contributed by atoms with Gasteiger partial charge in [0.25, 0.3) is 0 Å². The van der Waals surface area contributed by atoms with Crippen molar-refractivity contribution < 1.29 is 33.0 Å². The number of aliphatic carboxylic acids is 1. The molecule has 0 heterocycles. The van der Waals surface area contributed by atoms with Crippen LogP contribution in [0.5, 0.6) is 0 Å². The summed E-state index contributed by atoms with van der Waals surface area (Å²) in [6.45, 7) is 0. The van der Waals surface area contributed by atoms with Gasteiger partial charge in [-0.1, -0.05) is 5.16 Å². The minimum Gasteiger partial charge on any atom is -0.477 e. The van der Waals surface area contributed by atoms with Gasteiger partial charge in [-0.05, 0) is 0 Å². The first kappa shape index (κ1) is 11.7. The van der Waals surface area contributed by atoms with Gasteiger partial charge in [-0.25, -0.2) is 4.79 Å². The Morgan fingerprint density at radius 2 is 2.00 bits per heavy atom. The molecule has 0 fully saturated rings. The molecule has 0 saturated carbocycles. The first-order valence-corrected chi connectivity index (χ1v) is 2.89. The first-order chi connectivity index (χ1) is 5.80. The molecule has 0 amide bonds. The van der Waals surface area contributed by atoms with E-state index in [0.717, 1.165) is 7.11 Å². The summed E-state index contributed by atoms with van der Waals surface area (Å²) in [6.07, 6.45) is -8.22. The fourth-order valence-electron chi connectivity index (χ4n) is 0.459.